The summed E-state index contributed by atoms with van der Waals surface area (Å²) in [6, 6.07) is 3.28. The van der Waals surface area contributed by atoms with Crippen molar-refractivity contribution in [3.8, 4) is 5.75 Å². The first-order valence-corrected chi connectivity index (χ1v) is 6.81. The molecule has 0 saturated carbocycles. The summed E-state index contributed by atoms with van der Waals surface area (Å²) in [5.74, 6) is -1.46. The second-order valence-electron chi connectivity index (χ2n) is 4.20. The Bertz CT molecular complexity index is 630. The van der Waals surface area contributed by atoms with Crippen molar-refractivity contribution in [2.45, 2.75) is 13.0 Å². The van der Waals surface area contributed by atoms with Gasteiger partial charge in [0.15, 0.2) is 5.13 Å². The highest BCUT2D eigenvalue weighted by atomic mass is 32.1. The number of benzene rings is 1. The van der Waals surface area contributed by atoms with Gasteiger partial charge >= 0.3 is 0 Å². The molecule has 0 radical (unpaired) electrons. The summed E-state index contributed by atoms with van der Waals surface area (Å²) in [6.07, 6.45) is 0. The molecule has 0 spiro atoms. The van der Waals surface area contributed by atoms with Crippen molar-refractivity contribution < 1.29 is 14.3 Å². The number of nitrogens with one attached hydrogen (secondary N) is 2. The first-order chi connectivity index (χ1) is 9.51. The fourth-order valence-corrected chi connectivity index (χ4v) is 2.34. The van der Waals surface area contributed by atoms with E-state index in [1.807, 2.05) is 19.4 Å². The summed E-state index contributed by atoms with van der Waals surface area (Å²) in [5.41, 5.74) is 0.680. The average Bonchev–Trinajstić information content (AvgIpc) is 2.89. The number of carbonyl (C=O) groups is 1. The smallest absolute Gasteiger partial charge is 0.261 e. The summed E-state index contributed by atoms with van der Waals surface area (Å²) in [5, 5.41) is 17.4. The molecule has 106 valence electrons. The van der Waals surface area contributed by atoms with E-state index in [0.717, 1.165) is 23.9 Å². The number of rotatable bonds is 4. The van der Waals surface area contributed by atoms with Crippen LogP contribution in [0.3, 0.4) is 0 Å². The molecular formula is C13H14FN3O2S. The molecule has 0 saturated heterocycles. The van der Waals surface area contributed by atoms with Crippen molar-refractivity contribution in [1.82, 2.24) is 10.3 Å². The SMILES string of the molecule is CNC(C)c1csc(NC(=O)c2cc(F)ccc2O)n1. The Hall–Kier alpha value is -1.99. The highest BCUT2D eigenvalue weighted by molar-refractivity contribution is 7.14. The third kappa shape index (κ3) is 3.12. The molecule has 1 aromatic carbocycles. The van der Waals surface area contributed by atoms with Gasteiger partial charge in [0.2, 0.25) is 0 Å². The summed E-state index contributed by atoms with van der Waals surface area (Å²) in [7, 11) is 1.81. The zero-order valence-electron chi connectivity index (χ0n) is 11.0. The van der Waals surface area contributed by atoms with Crippen LogP contribution in [-0.4, -0.2) is 23.0 Å². The zero-order chi connectivity index (χ0) is 14.7. The lowest BCUT2D eigenvalue weighted by Gasteiger charge is -2.06. The fraction of sp³-hybridized carbons (Fsp3) is 0.231. The van der Waals surface area contributed by atoms with Gasteiger partial charge in [0.05, 0.1) is 11.3 Å². The molecule has 0 aliphatic rings. The van der Waals surface area contributed by atoms with Crippen molar-refractivity contribution in [3.63, 3.8) is 0 Å². The van der Waals surface area contributed by atoms with Crippen LogP contribution in [0, 0.1) is 5.82 Å². The van der Waals surface area contributed by atoms with Crippen molar-refractivity contribution in [1.29, 1.82) is 0 Å². The lowest BCUT2D eigenvalue weighted by atomic mass is 10.2. The van der Waals surface area contributed by atoms with Gasteiger partial charge in [-0.15, -0.1) is 11.3 Å². The molecule has 1 atom stereocenters. The minimum Gasteiger partial charge on any atom is -0.507 e. The van der Waals surface area contributed by atoms with Crippen LogP contribution in [0.15, 0.2) is 23.6 Å². The molecule has 2 rings (SSSR count). The van der Waals surface area contributed by atoms with Gasteiger partial charge in [0.1, 0.15) is 11.6 Å². The van der Waals surface area contributed by atoms with Gasteiger partial charge in [0.25, 0.3) is 5.91 Å². The second kappa shape index (κ2) is 5.98. The number of amides is 1. The van der Waals surface area contributed by atoms with E-state index in [0.29, 0.717) is 5.13 Å². The van der Waals surface area contributed by atoms with Gasteiger partial charge in [0, 0.05) is 11.4 Å². The van der Waals surface area contributed by atoms with E-state index in [1.54, 1.807) is 0 Å². The summed E-state index contributed by atoms with van der Waals surface area (Å²) in [4.78, 5) is 16.2. The van der Waals surface area contributed by atoms with Crippen LogP contribution in [-0.2, 0) is 0 Å². The number of thiazole rings is 1. The molecule has 0 fully saturated rings. The molecular weight excluding hydrogens is 281 g/mol. The zero-order valence-corrected chi connectivity index (χ0v) is 11.8. The Labute approximate surface area is 119 Å². The number of nitrogens with zero attached hydrogens (tertiary/aromatic N) is 1. The van der Waals surface area contributed by atoms with Gasteiger partial charge < -0.3 is 10.4 Å². The van der Waals surface area contributed by atoms with Gasteiger partial charge in [-0.25, -0.2) is 9.37 Å². The van der Waals surface area contributed by atoms with Gasteiger partial charge in [-0.3, -0.25) is 10.1 Å². The maximum absolute atomic E-state index is 13.1. The molecule has 7 heteroatoms. The molecule has 0 aliphatic carbocycles. The maximum atomic E-state index is 13.1. The predicted molar refractivity (Wildman–Crippen MR) is 75.6 cm³/mol. The quantitative estimate of drug-likeness (QED) is 0.810. The maximum Gasteiger partial charge on any atom is 0.261 e. The minimum absolute atomic E-state index is 0.0690. The molecule has 1 heterocycles. The number of phenols is 1. The van der Waals surface area contributed by atoms with Crippen molar-refractivity contribution >= 4 is 22.4 Å². The van der Waals surface area contributed by atoms with Crippen LogP contribution in [0.1, 0.15) is 29.0 Å². The number of halogens is 1. The molecule has 1 amide bonds. The third-order valence-electron chi connectivity index (χ3n) is 2.82. The Morgan fingerprint density at radius 2 is 2.25 bits per heavy atom. The normalized spacial score (nSPS) is 12.2. The van der Waals surface area contributed by atoms with E-state index >= 15 is 0 Å². The van der Waals surface area contributed by atoms with Crippen molar-refractivity contribution in [3.05, 3.63) is 40.7 Å². The van der Waals surface area contributed by atoms with E-state index < -0.39 is 11.7 Å². The predicted octanol–water partition coefficient (Wildman–Crippen LogP) is 2.52. The summed E-state index contributed by atoms with van der Waals surface area (Å²) in [6.45, 7) is 1.94. The van der Waals surface area contributed by atoms with E-state index in [9.17, 15) is 14.3 Å². The molecule has 5 nitrogen and oxygen atoms in total. The van der Waals surface area contributed by atoms with Crippen LogP contribution < -0.4 is 10.6 Å². The van der Waals surface area contributed by atoms with Crippen molar-refractivity contribution in [2.75, 3.05) is 12.4 Å². The number of anilines is 1. The standard InChI is InChI=1S/C13H14FN3O2S/c1-7(15-2)10-6-20-13(16-10)17-12(19)9-5-8(14)3-4-11(9)18/h3-7,15,18H,1-2H3,(H,16,17,19). The van der Waals surface area contributed by atoms with E-state index in [-0.39, 0.29) is 17.4 Å². The van der Waals surface area contributed by atoms with Crippen LogP contribution in [0.2, 0.25) is 0 Å². The molecule has 3 N–H and O–H groups in total. The minimum atomic E-state index is -0.597. The van der Waals surface area contributed by atoms with Gasteiger partial charge in [-0.05, 0) is 32.2 Å². The van der Waals surface area contributed by atoms with Crippen molar-refractivity contribution in [2.24, 2.45) is 0 Å². The lowest BCUT2D eigenvalue weighted by molar-refractivity contribution is 0.102. The van der Waals surface area contributed by atoms with Gasteiger partial charge in [-0.1, -0.05) is 0 Å². The van der Waals surface area contributed by atoms with Crippen LogP contribution >= 0.6 is 11.3 Å². The monoisotopic (exact) mass is 295 g/mol. The molecule has 0 bridgehead atoms. The topological polar surface area (TPSA) is 74.2 Å². The van der Waals surface area contributed by atoms with Gasteiger partial charge in [-0.2, -0.15) is 0 Å². The highest BCUT2D eigenvalue weighted by Crippen LogP contribution is 2.23. The molecule has 1 unspecified atom stereocenters. The lowest BCUT2D eigenvalue weighted by Crippen LogP contribution is -2.14. The summed E-state index contributed by atoms with van der Waals surface area (Å²) < 4.78 is 13.1. The Balaban J connectivity index is 2.15. The van der Waals surface area contributed by atoms with Crippen LogP contribution in [0.4, 0.5) is 9.52 Å². The molecule has 0 aliphatic heterocycles. The molecule has 2 aromatic rings. The first kappa shape index (κ1) is 14.4. The Morgan fingerprint density at radius 3 is 2.95 bits per heavy atom. The number of carbonyl (C=O) groups excluding carboxylic acids is 1. The number of aromatic nitrogens is 1. The largest absolute Gasteiger partial charge is 0.507 e. The van der Waals surface area contributed by atoms with E-state index in [1.165, 1.54) is 11.3 Å². The number of hydrogen-bond donors (Lipinski definition) is 3. The molecule has 1 aromatic heterocycles. The molecule has 20 heavy (non-hydrogen) atoms. The Morgan fingerprint density at radius 1 is 1.50 bits per heavy atom. The van der Waals surface area contributed by atoms with E-state index in [2.05, 4.69) is 15.6 Å². The number of aromatic hydroxyl groups is 1. The van der Waals surface area contributed by atoms with E-state index in [4.69, 9.17) is 0 Å². The summed E-state index contributed by atoms with van der Waals surface area (Å²) >= 11 is 1.27. The Kier molecular flexibility index (Phi) is 4.31. The highest BCUT2D eigenvalue weighted by Gasteiger charge is 2.15. The number of phenolic OH excluding ortho intramolecular Hbond substituents is 1. The number of hydrogen-bond acceptors (Lipinski definition) is 5. The van der Waals surface area contributed by atoms with Crippen LogP contribution in [0.25, 0.3) is 0 Å². The van der Waals surface area contributed by atoms with Crippen LogP contribution in [0.5, 0.6) is 5.75 Å². The second-order valence-corrected chi connectivity index (χ2v) is 5.06. The average molecular weight is 295 g/mol. The fourth-order valence-electron chi connectivity index (χ4n) is 1.54. The third-order valence-corrected chi connectivity index (χ3v) is 3.60. The first-order valence-electron chi connectivity index (χ1n) is 5.94.